The number of likely N-dealkylation sites (N-methyl/N-ethyl adjacent to an activating group) is 1. The van der Waals surface area contributed by atoms with Crippen molar-refractivity contribution in [2.24, 2.45) is 0 Å². The number of esters is 1. The number of nitriles is 1. The second kappa shape index (κ2) is 11.1. The molecule has 166 valence electrons. The molecular weight excluding hydrogens is 407 g/mol. The van der Waals surface area contributed by atoms with Crippen LogP contribution in [0.1, 0.15) is 34.6 Å². The van der Waals surface area contributed by atoms with Gasteiger partial charge in [-0.15, -0.1) is 0 Å². The molecular formula is C21H25FN4O5. The quantitative estimate of drug-likeness (QED) is 0.588. The number of urea groups is 1. The molecule has 0 aliphatic carbocycles. The number of carbonyl (C=O) groups excluding carboxylic acids is 2. The average molecular weight is 432 g/mol. The van der Waals surface area contributed by atoms with Crippen molar-refractivity contribution in [2.75, 3.05) is 39.3 Å². The van der Waals surface area contributed by atoms with Crippen LogP contribution in [-0.4, -0.2) is 60.6 Å². The fourth-order valence-corrected chi connectivity index (χ4v) is 3.05. The summed E-state index contributed by atoms with van der Waals surface area (Å²) in [5.74, 6) is -1.21. The highest BCUT2D eigenvalue weighted by Gasteiger charge is 2.28. The van der Waals surface area contributed by atoms with Crippen molar-refractivity contribution in [2.45, 2.75) is 19.5 Å². The number of benzene rings is 1. The van der Waals surface area contributed by atoms with Gasteiger partial charge in [0.2, 0.25) is 0 Å². The van der Waals surface area contributed by atoms with Gasteiger partial charge in [0.15, 0.2) is 5.69 Å². The smallest absolute Gasteiger partial charge is 0.357 e. The van der Waals surface area contributed by atoms with Gasteiger partial charge in [0.25, 0.3) is 0 Å². The number of anilines is 1. The highest BCUT2D eigenvalue weighted by Crippen LogP contribution is 2.27. The second-order valence-corrected chi connectivity index (χ2v) is 6.58. The number of ether oxygens (including phenoxy) is 2. The summed E-state index contributed by atoms with van der Waals surface area (Å²) in [5.41, 5.74) is 0.449. The van der Waals surface area contributed by atoms with Crippen LogP contribution in [0.2, 0.25) is 0 Å². The van der Waals surface area contributed by atoms with Crippen LogP contribution in [0.5, 0.6) is 0 Å². The van der Waals surface area contributed by atoms with Crippen molar-refractivity contribution < 1.29 is 28.6 Å². The largest absolute Gasteiger partial charge is 0.461 e. The maximum atomic E-state index is 13.6. The second-order valence-electron chi connectivity index (χ2n) is 6.58. The number of hydrogen-bond acceptors (Lipinski definition) is 6. The molecule has 2 N–H and O–H groups in total. The minimum atomic E-state index is -0.845. The predicted molar refractivity (Wildman–Crippen MR) is 110 cm³/mol. The number of aliphatic hydroxyl groups excluding tert-OH is 1. The summed E-state index contributed by atoms with van der Waals surface area (Å²) >= 11 is 0. The van der Waals surface area contributed by atoms with E-state index in [9.17, 15) is 24.3 Å². The Morgan fingerprint density at radius 2 is 2.16 bits per heavy atom. The number of amides is 2. The van der Waals surface area contributed by atoms with Gasteiger partial charge in [-0.1, -0.05) is 12.1 Å². The molecule has 0 saturated carbocycles. The van der Waals surface area contributed by atoms with Gasteiger partial charge in [-0.3, -0.25) is 0 Å². The molecule has 0 bridgehead atoms. The number of nitrogens with one attached hydrogen (secondary N) is 1. The molecule has 0 spiro atoms. The third-order valence-corrected chi connectivity index (χ3v) is 4.63. The van der Waals surface area contributed by atoms with Crippen molar-refractivity contribution in [1.29, 1.82) is 5.26 Å². The fourth-order valence-electron chi connectivity index (χ4n) is 3.05. The number of rotatable bonds is 9. The van der Waals surface area contributed by atoms with E-state index >= 15 is 0 Å². The Morgan fingerprint density at radius 3 is 2.74 bits per heavy atom. The van der Waals surface area contributed by atoms with Gasteiger partial charge < -0.3 is 29.4 Å². The molecule has 0 aliphatic heterocycles. The first kappa shape index (κ1) is 23.9. The van der Waals surface area contributed by atoms with E-state index in [0.717, 1.165) is 4.90 Å². The van der Waals surface area contributed by atoms with E-state index in [1.165, 1.54) is 43.1 Å². The first-order valence-electron chi connectivity index (χ1n) is 9.57. The molecule has 0 aliphatic rings. The van der Waals surface area contributed by atoms with E-state index in [1.54, 1.807) is 13.0 Å². The lowest BCUT2D eigenvalue weighted by atomic mass is 10.1. The first-order valence-corrected chi connectivity index (χ1v) is 9.57. The van der Waals surface area contributed by atoms with Gasteiger partial charge in [0, 0.05) is 26.9 Å². The molecule has 1 atom stereocenters. The van der Waals surface area contributed by atoms with Gasteiger partial charge in [-0.2, -0.15) is 5.26 Å². The van der Waals surface area contributed by atoms with Gasteiger partial charge in [-0.05, 0) is 24.6 Å². The Labute approximate surface area is 179 Å². The SMILES string of the molecule is CCOC(=O)c1c(NC(=O)N(C)C(CO)c2cccc(F)c2)c(C#N)cn1CCOC. The number of nitrogens with zero attached hydrogens (tertiary/aromatic N) is 3. The van der Waals surface area contributed by atoms with Crippen LogP contribution < -0.4 is 5.32 Å². The molecule has 1 heterocycles. The Morgan fingerprint density at radius 1 is 1.42 bits per heavy atom. The third-order valence-electron chi connectivity index (χ3n) is 4.63. The van der Waals surface area contributed by atoms with E-state index < -0.39 is 30.5 Å². The molecule has 9 nitrogen and oxygen atoms in total. The number of hydrogen-bond donors (Lipinski definition) is 2. The van der Waals surface area contributed by atoms with Crippen LogP contribution in [0.15, 0.2) is 30.5 Å². The third kappa shape index (κ3) is 5.59. The van der Waals surface area contributed by atoms with Crippen molar-refractivity contribution in [3.8, 4) is 6.07 Å². The molecule has 1 unspecified atom stereocenters. The van der Waals surface area contributed by atoms with E-state index in [0.29, 0.717) is 5.56 Å². The molecule has 10 heteroatoms. The number of halogens is 1. The molecule has 0 saturated heterocycles. The number of carbonyl (C=O) groups is 2. The van der Waals surface area contributed by atoms with E-state index in [-0.39, 0.29) is 36.7 Å². The summed E-state index contributed by atoms with van der Waals surface area (Å²) in [4.78, 5) is 26.6. The molecule has 2 rings (SSSR count). The zero-order chi connectivity index (χ0) is 23.0. The van der Waals surface area contributed by atoms with Gasteiger partial charge in [0.1, 0.15) is 11.9 Å². The summed E-state index contributed by atoms with van der Waals surface area (Å²) in [6.07, 6.45) is 1.43. The van der Waals surface area contributed by atoms with Crippen molar-refractivity contribution >= 4 is 17.7 Å². The average Bonchev–Trinajstić information content (AvgIpc) is 3.10. The highest BCUT2D eigenvalue weighted by molar-refractivity contribution is 6.01. The minimum Gasteiger partial charge on any atom is -0.461 e. The van der Waals surface area contributed by atoms with E-state index in [4.69, 9.17) is 9.47 Å². The molecule has 2 aromatic rings. The topological polar surface area (TPSA) is 117 Å². The lowest BCUT2D eigenvalue weighted by Gasteiger charge is -2.27. The predicted octanol–water partition coefficient (Wildman–Crippen LogP) is 2.52. The standard InChI is InChI=1S/C21H25FN4O5/c1-4-31-20(28)19-18(15(11-23)12-26(19)8-9-30-3)24-21(29)25(2)17(13-27)14-6-5-7-16(22)10-14/h5-7,10,12,17,27H,4,8-9,13H2,1-3H3,(H,24,29). The van der Waals surface area contributed by atoms with Crippen LogP contribution in [0.4, 0.5) is 14.9 Å². The van der Waals surface area contributed by atoms with Gasteiger partial charge in [0.05, 0.1) is 37.1 Å². The fraction of sp³-hybridized carbons (Fsp3) is 0.381. The summed E-state index contributed by atoms with van der Waals surface area (Å²) in [6, 6.07) is 5.94. The maximum Gasteiger partial charge on any atom is 0.357 e. The lowest BCUT2D eigenvalue weighted by molar-refractivity contribution is 0.0513. The zero-order valence-corrected chi connectivity index (χ0v) is 17.6. The Kier molecular flexibility index (Phi) is 8.54. The number of methoxy groups -OCH3 is 1. The van der Waals surface area contributed by atoms with Gasteiger partial charge >= 0.3 is 12.0 Å². The highest BCUT2D eigenvalue weighted by atomic mass is 19.1. The normalized spacial score (nSPS) is 11.5. The van der Waals surface area contributed by atoms with Crippen molar-refractivity contribution in [3.05, 3.63) is 53.1 Å². The summed E-state index contributed by atoms with van der Waals surface area (Å²) in [7, 11) is 2.91. The number of aromatic nitrogens is 1. The monoisotopic (exact) mass is 432 g/mol. The lowest BCUT2D eigenvalue weighted by Crippen LogP contribution is -2.37. The zero-order valence-electron chi connectivity index (χ0n) is 17.6. The molecule has 1 aromatic carbocycles. The van der Waals surface area contributed by atoms with Gasteiger partial charge in [-0.25, -0.2) is 14.0 Å². The maximum absolute atomic E-state index is 13.6. The molecule has 2 amide bonds. The Bertz CT molecular complexity index is 969. The molecule has 31 heavy (non-hydrogen) atoms. The van der Waals surface area contributed by atoms with Crippen LogP contribution in [0, 0.1) is 17.1 Å². The van der Waals surface area contributed by atoms with Crippen molar-refractivity contribution in [1.82, 2.24) is 9.47 Å². The summed E-state index contributed by atoms with van der Waals surface area (Å²) in [6.45, 7) is 1.81. The summed E-state index contributed by atoms with van der Waals surface area (Å²) in [5, 5.41) is 21.9. The van der Waals surface area contributed by atoms with Crippen LogP contribution in [0.3, 0.4) is 0 Å². The minimum absolute atomic E-state index is 0.00324. The molecule has 1 aromatic heterocycles. The first-order chi connectivity index (χ1) is 14.9. The van der Waals surface area contributed by atoms with Crippen LogP contribution in [-0.2, 0) is 16.0 Å². The molecule has 0 fully saturated rings. The van der Waals surface area contributed by atoms with Crippen LogP contribution in [0.25, 0.3) is 0 Å². The Balaban J connectivity index is 2.38. The van der Waals surface area contributed by atoms with E-state index in [1.807, 2.05) is 6.07 Å². The summed E-state index contributed by atoms with van der Waals surface area (Å²) < 4.78 is 25.2. The van der Waals surface area contributed by atoms with Crippen molar-refractivity contribution in [3.63, 3.8) is 0 Å². The number of aliphatic hydroxyl groups is 1. The molecule has 0 radical (unpaired) electrons. The Hall–Kier alpha value is -3.42. The van der Waals surface area contributed by atoms with E-state index in [2.05, 4.69) is 5.32 Å². The van der Waals surface area contributed by atoms with Crippen LogP contribution >= 0.6 is 0 Å².